The Labute approximate surface area is 133 Å². The Kier molecular flexibility index (Phi) is 5.12. The number of carbonyl (C=O) groups is 2. The normalized spacial score (nSPS) is 18.7. The van der Waals surface area contributed by atoms with Gasteiger partial charge in [-0.25, -0.2) is 9.59 Å². The van der Waals surface area contributed by atoms with E-state index in [1.165, 1.54) is 11.5 Å². The van der Waals surface area contributed by atoms with Crippen molar-refractivity contribution in [1.29, 1.82) is 0 Å². The van der Waals surface area contributed by atoms with Crippen molar-refractivity contribution in [2.75, 3.05) is 13.2 Å². The molecule has 2 amide bonds. The number of hydrogen-bond acceptors (Lipinski definition) is 6. The third kappa shape index (κ3) is 3.27. The van der Waals surface area contributed by atoms with Crippen LogP contribution in [0.3, 0.4) is 0 Å². The molecule has 8 heteroatoms. The minimum Gasteiger partial charge on any atom is -0.463 e. The van der Waals surface area contributed by atoms with E-state index in [2.05, 4.69) is 14.9 Å². The van der Waals surface area contributed by atoms with E-state index in [0.29, 0.717) is 23.5 Å². The van der Waals surface area contributed by atoms with Crippen molar-refractivity contribution in [3.05, 3.63) is 22.3 Å². The summed E-state index contributed by atoms with van der Waals surface area (Å²) < 4.78 is 8.96. The number of rotatable bonds is 5. The van der Waals surface area contributed by atoms with Crippen LogP contribution < -0.4 is 5.32 Å². The standard InChI is InChI=1S/C14H20N4O3S/c1-5-21-13(19)11-9(4)18(6-8(2)3)14(20)15-12(11)10-7-22-17-16-10/h7-8,12H,5-6H2,1-4H3,(H,15,20). The van der Waals surface area contributed by atoms with Crippen LogP contribution in [0, 0.1) is 5.92 Å². The van der Waals surface area contributed by atoms with Crippen LogP contribution in [0.4, 0.5) is 4.79 Å². The second-order valence-corrected chi connectivity index (χ2v) is 6.05. The average molecular weight is 324 g/mol. The van der Waals surface area contributed by atoms with Crippen molar-refractivity contribution in [3.8, 4) is 0 Å². The molecule has 0 radical (unpaired) electrons. The molecule has 1 atom stereocenters. The molecule has 1 aromatic rings. The zero-order valence-electron chi connectivity index (χ0n) is 13.1. The van der Waals surface area contributed by atoms with Gasteiger partial charge in [-0.2, -0.15) is 0 Å². The van der Waals surface area contributed by atoms with Gasteiger partial charge in [0.2, 0.25) is 0 Å². The Balaban J connectivity index is 2.45. The van der Waals surface area contributed by atoms with Crippen LogP contribution in [0.15, 0.2) is 16.7 Å². The lowest BCUT2D eigenvalue weighted by molar-refractivity contribution is -0.139. The van der Waals surface area contributed by atoms with E-state index in [1.807, 2.05) is 13.8 Å². The van der Waals surface area contributed by atoms with Crippen molar-refractivity contribution in [1.82, 2.24) is 19.8 Å². The molecule has 0 spiro atoms. The number of amides is 2. The second-order valence-electron chi connectivity index (χ2n) is 5.44. The summed E-state index contributed by atoms with van der Waals surface area (Å²) in [6, 6.07) is -0.856. The number of esters is 1. The first-order valence-corrected chi connectivity index (χ1v) is 8.02. The molecule has 0 saturated carbocycles. The molecular formula is C14H20N4O3S. The molecule has 0 fully saturated rings. The number of urea groups is 1. The molecule has 22 heavy (non-hydrogen) atoms. The van der Waals surface area contributed by atoms with Crippen LogP contribution in [0.25, 0.3) is 0 Å². The molecule has 1 unspecified atom stereocenters. The van der Waals surface area contributed by atoms with E-state index in [0.717, 1.165) is 0 Å². The SMILES string of the molecule is CCOC(=O)C1=C(C)N(CC(C)C)C(=O)NC1c1csnn1. The lowest BCUT2D eigenvalue weighted by atomic mass is 9.99. The summed E-state index contributed by atoms with van der Waals surface area (Å²) in [5.74, 6) is -0.159. The molecule has 120 valence electrons. The summed E-state index contributed by atoms with van der Waals surface area (Å²) in [5.41, 5.74) is 1.56. The first-order valence-electron chi connectivity index (χ1n) is 7.18. The van der Waals surface area contributed by atoms with Gasteiger partial charge in [-0.15, -0.1) is 5.10 Å². The Bertz CT molecular complexity index is 583. The van der Waals surface area contributed by atoms with Crippen molar-refractivity contribution >= 4 is 23.5 Å². The molecule has 7 nitrogen and oxygen atoms in total. The molecule has 1 aliphatic rings. The number of ether oxygens (including phenoxy) is 1. The minimum absolute atomic E-state index is 0.239. The van der Waals surface area contributed by atoms with E-state index in [4.69, 9.17) is 4.74 Å². The van der Waals surface area contributed by atoms with Gasteiger partial charge in [-0.1, -0.05) is 18.3 Å². The van der Waals surface area contributed by atoms with Gasteiger partial charge in [0.05, 0.1) is 12.2 Å². The van der Waals surface area contributed by atoms with Gasteiger partial charge in [0.1, 0.15) is 11.7 Å². The Morgan fingerprint density at radius 2 is 2.27 bits per heavy atom. The smallest absolute Gasteiger partial charge is 0.338 e. The van der Waals surface area contributed by atoms with Crippen LogP contribution in [0.1, 0.15) is 39.4 Å². The molecule has 0 bridgehead atoms. The monoisotopic (exact) mass is 324 g/mol. The topological polar surface area (TPSA) is 84.4 Å². The Morgan fingerprint density at radius 1 is 1.55 bits per heavy atom. The summed E-state index contributed by atoms with van der Waals surface area (Å²) in [6.07, 6.45) is 0. The zero-order chi connectivity index (χ0) is 16.3. The molecular weight excluding hydrogens is 304 g/mol. The lowest BCUT2D eigenvalue weighted by Crippen LogP contribution is -2.49. The fraction of sp³-hybridized carbons (Fsp3) is 0.571. The number of carbonyl (C=O) groups excluding carboxylic acids is 2. The van der Waals surface area contributed by atoms with Crippen molar-refractivity contribution < 1.29 is 14.3 Å². The van der Waals surface area contributed by atoms with E-state index < -0.39 is 12.0 Å². The fourth-order valence-electron chi connectivity index (χ4n) is 2.36. The molecule has 1 aliphatic heterocycles. The van der Waals surface area contributed by atoms with Crippen molar-refractivity contribution in [2.24, 2.45) is 5.92 Å². The second kappa shape index (κ2) is 6.87. The maximum absolute atomic E-state index is 12.4. The predicted molar refractivity (Wildman–Crippen MR) is 82.1 cm³/mol. The average Bonchev–Trinajstić information content (AvgIpc) is 2.96. The number of aromatic nitrogens is 2. The third-order valence-corrected chi connectivity index (χ3v) is 3.83. The van der Waals surface area contributed by atoms with Gasteiger partial charge in [-0.05, 0) is 31.3 Å². The van der Waals surface area contributed by atoms with Gasteiger partial charge in [-0.3, -0.25) is 4.90 Å². The fourth-order valence-corrected chi connectivity index (χ4v) is 2.84. The van der Waals surface area contributed by atoms with Crippen molar-refractivity contribution in [2.45, 2.75) is 33.7 Å². The van der Waals surface area contributed by atoms with Gasteiger partial charge in [0, 0.05) is 17.6 Å². The highest BCUT2D eigenvalue weighted by molar-refractivity contribution is 7.03. The van der Waals surface area contributed by atoms with Gasteiger partial charge in [0.25, 0.3) is 0 Å². The molecule has 0 aromatic carbocycles. The molecule has 0 aliphatic carbocycles. The van der Waals surface area contributed by atoms with Crippen molar-refractivity contribution in [3.63, 3.8) is 0 Å². The first-order chi connectivity index (χ1) is 10.5. The van der Waals surface area contributed by atoms with Crippen LogP contribution in [-0.4, -0.2) is 39.6 Å². The highest BCUT2D eigenvalue weighted by atomic mass is 32.1. The van der Waals surface area contributed by atoms with Crippen LogP contribution in [0.2, 0.25) is 0 Å². The Morgan fingerprint density at radius 3 is 2.82 bits per heavy atom. The van der Waals surface area contributed by atoms with Crippen LogP contribution in [0.5, 0.6) is 0 Å². The van der Waals surface area contributed by atoms with Gasteiger partial charge >= 0.3 is 12.0 Å². The summed E-state index contributed by atoms with van der Waals surface area (Å²) in [5, 5.41) is 8.53. The molecule has 0 saturated heterocycles. The van der Waals surface area contributed by atoms with Gasteiger partial charge < -0.3 is 10.1 Å². The van der Waals surface area contributed by atoms with Crippen LogP contribution in [-0.2, 0) is 9.53 Å². The quantitative estimate of drug-likeness (QED) is 0.838. The van der Waals surface area contributed by atoms with E-state index in [9.17, 15) is 9.59 Å². The summed E-state index contributed by atoms with van der Waals surface area (Å²) >= 11 is 1.17. The first kappa shape index (κ1) is 16.4. The number of hydrogen-bond donors (Lipinski definition) is 1. The Hall–Kier alpha value is -1.96. The van der Waals surface area contributed by atoms with Gasteiger partial charge in [0.15, 0.2) is 0 Å². The van der Waals surface area contributed by atoms with E-state index in [1.54, 1.807) is 24.1 Å². The number of nitrogens with zero attached hydrogens (tertiary/aromatic N) is 3. The summed E-state index contributed by atoms with van der Waals surface area (Å²) in [6.45, 7) is 8.35. The third-order valence-electron chi connectivity index (χ3n) is 3.31. The lowest BCUT2D eigenvalue weighted by Gasteiger charge is -2.35. The minimum atomic E-state index is -0.617. The maximum Gasteiger partial charge on any atom is 0.338 e. The van der Waals surface area contributed by atoms with Crippen LogP contribution >= 0.6 is 11.5 Å². The zero-order valence-corrected chi connectivity index (χ0v) is 13.9. The molecule has 1 aromatic heterocycles. The number of allylic oxidation sites excluding steroid dienone is 1. The summed E-state index contributed by atoms with van der Waals surface area (Å²) in [7, 11) is 0. The predicted octanol–water partition coefficient (Wildman–Crippen LogP) is 2.10. The molecule has 2 heterocycles. The highest BCUT2D eigenvalue weighted by Crippen LogP contribution is 2.31. The number of nitrogens with one attached hydrogen (secondary N) is 1. The van der Waals surface area contributed by atoms with E-state index >= 15 is 0 Å². The maximum atomic E-state index is 12.4. The summed E-state index contributed by atoms with van der Waals surface area (Å²) in [4.78, 5) is 26.3. The molecule has 1 N–H and O–H groups in total. The molecule has 2 rings (SSSR count). The van der Waals surface area contributed by atoms with E-state index in [-0.39, 0.29) is 18.6 Å². The largest absolute Gasteiger partial charge is 0.463 e. The highest BCUT2D eigenvalue weighted by Gasteiger charge is 2.37.